The predicted octanol–water partition coefficient (Wildman–Crippen LogP) is 0.781. The number of pyridine rings is 1. The SMILES string of the molecule is CN(C)CCN1CC[C@@H]2C[C@H](C(=O)NCCc3ccccn3)O[C@H]2C1. The molecule has 25 heavy (non-hydrogen) atoms. The molecule has 0 saturated carbocycles. The Hall–Kier alpha value is -1.50. The average Bonchev–Trinajstić information content (AvgIpc) is 3.04. The molecular weight excluding hydrogens is 316 g/mol. The van der Waals surface area contributed by atoms with Gasteiger partial charge in [-0.25, -0.2) is 0 Å². The fourth-order valence-corrected chi connectivity index (χ4v) is 3.68. The molecule has 2 aliphatic rings. The molecule has 1 aromatic heterocycles. The van der Waals surface area contributed by atoms with Gasteiger partial charge in [0.1, 0.15) is 6.10 Å². The zero-order valence-corrected chi connectivity index (χ0v) is 15.4. The molecule has 1 aromatic rings. The Balaban J connectivity index is 1.40. The minimum absolute atomic E-state index is 0.0326. The summed E-state index contributed by atoms with van der Waals surface area (Å²) in [5.74, 6) is 0.562. The molecular formula is C19H30N4O2. The molecule has 6 heteroatoms. The van der Waals surface area contributed by atoms with Crippen molar-refractivity contribution in [3.05, 3.63) is 30.1 Å². The Bertz CT molecular complexity index is 552. The highest BCUT2D eigenvalue weighted by atomic mass is 16.5. The molecule has 0 unspecified atom stereocenters. The Morgan fingerprint density at radius 3 is 3.08 bits per heavy atom. The van der Waals surface area contributed by atoms with Gasteiger partial charge in [0.05, 0.1) is 6.10 Å². The van der Waals surface area contributed by atoms with Crippen LogP contribution in [0.5, 0.6) is 0 Å². The summed E-state index contributed by atoms with van der Waals surface area (Å²) >= 11 is 0. The first-order valence-electron chi connectivity index (χ1n) is 9.32. The van der Waals surface area contributed by atoms with Crippen LogP contribution in [0.1, 0.15) is 18.5 Å². The van der Waals surface area contributed by atoms with Crippen LogP contribution < -0.4 is 5.32 Å². The minimum atomic E-state index is -0.285. The first-order chi connectivity index (χ1) is 12.1. The van der Waals surface area contributed by atoms with E-state index in [4.69, 9.17) is 4.74 Å². The lowest BCUT2D eigenvalue weighted by molar-refractivity contribution is -0.132. The lowest BCUT2D eigenvalue weighted by Crippen LogP contribution is -2.44. The minimum Gasteiger partial charge on any atom is -0.364 e. The number of hydrogen-bond acceptors (Lipinski definition) is 5. The highest BCUT2D eigenvalue weighted by Crippen LogP contribution is 2.33. The smallest absolute Gasteiger partial charge is 0.249 e. The lowest BCUT2D eigenvalue weighted by Gasteiger charge is -2.34. The monoisotopic (exact) mass is 346 g/mol. The number of hydrogen-bond donors (Lipinski definition) is 1. The van der Waals surface area contributed by atoms with Crippen LogP contribution in [0.3, 0.4) is 0 Å². The van der Waals surface area contributed by atoms with Gasteiger partial charge in [-0.3, -0.25) is 14.7 Å². The molecule has 3 heterocycles. The number of rotatable bonds is 7. The van der Waals surface area contributed by atoms with E-state index in [1.54, 1.807) is 6.20 Å². The van der Waals surface area contributed by atoms with Crippen LogP contribution in [0.2, 0.25) is 0 Å². The summed E-state index contributed by atoms with van der Waals surface area (Å²) in [5.41, 5.74) is 1.00. The molecule has 0 spiro atoms. The molecule has 2 fully saturated rings. The third-order valence-electron chi connectivity index (χ3n) is 5.20. The second kappa shape index (κ2) is 8.74. The van der Waals surface area contributed by atoms with Gasteiger partial charge in [0.15, 0.2) is 0 Å². The van der Waals surface area contributed by atoms with Gasteiger partial charge in [0.25, 0.3) is 0 Å². The lowest BCUT2D eigenvalue weighted by atomic mass is 9.91. The van der Waals surface area contributed by atoms with Crippen molar-refractivity contribution in [2.24, 2.45) is 5.92 Å². The fourth-order valence-electron chi connectivity index (χ4n) is 3.68. The average molecular weight is 346 g/mol. The summed E-state index contributed by atoms with van der Waals surface area (Å²) in [6.45, 7) is 4.82. The van der Waals surface area contributed by atoms with E-state index in [9.17, 15) is 4.79 Å². The summed E-state index contributed by atoms with van der Waals surface area (Å²) in [4.78, 5) is 21.3. The number of fused-ring (bicyclic) bond motifs is 1. The van der Waals surface area contributed by atoms with Crippen molar-refractivity contribution in [1.29, 1.82) is 0 Å². The van der Waals surface area contributed by atoms with Gasteiger partial charge in [-0.1, -0.05) is 6.07 Å². The van der Waals surface area contributed by atoms with Gasteiger partial charge in [0, 0.05) is 44.5 Å². The molecule has 1 amide bonds. The Labute approximate surface area is 150 Å². The topological polar surface area (TPSA) is 57.7 Å². The van der Waals surface area contributed by atoms with Crippen molar-refractivity contribution in [2.45, 2.75) is 31.5 Å². The Kier molecular flexibility index (Phi) is 6.39. The van der Waals surface area contributed by atoms with Crippen LogP contribution in [0.25, 0.3) is 0 Å². The number of ether oxygens (including phenoxy) is 1. The van der Waals surface area contributed by atoms with E-state index in [2.05, 4.69) is 34.2 Å². The first kappa shape index (κ1) is 18.3. The maximum Gasteiger partial charge on any atom is 0.249 e. The molecule has 0 bridgehead atoms. The van der Waals surface area contributed by atoms with E-state index in [1.165, 1.54) is 0 Å². The number of aromatic nitrogens is 1. The maximum absolute atomic E-state index is 12.4. The molecule has 138 valence electrons. The fraction of sp³-hybridized carbons (Fsp3) is 0.684. The Morgan fingerprint density at radius 1 is 1.44 bits per heavy atom. The third kappa shape index (κ3) is 5.23. The third-order valence-corrected chi connectivity index (χ3v) is 5.20. The largest absolute Gasteiger partial charge is 0.364 e. The van der Waals surface area contributed by atoms with Gasteiger partial charge in [-0.2, -0.15) is 0 Å². The maximum atomic E-state index is 12.4. The molecule has 3 atom stereocenters. The van der Waals surface area contributed by atoms with Crippen LogP contribution in [-0.2, 0) is 16.0 Å². The van der Waals surface area contributed by atoms with E-state index in [1.807, 2.05) is 18.2 Å². The van der Waals surface area contributed by atoms with Crippen LogP contribution in [0.15, 0.2) is 24.4 Å². The van der Waals surface area contributed by atoms with Crippen LogP contribution in [0, 0.1) is 5.92 Å². The molecule has 0 radical (unpaired) electrons. The number of likely N-dealkylation sites (tertiary alicyclic amines) is 1. The van der Waals surface area contributed by atoms with Gasteiger partial charge >= 0.3 is 0 Å². The summed E-state index contributed by atoms with van der Waals surface area (Å²) in [6, 6.07) is 5.85. The molecule has 1 N–H and O–H groups in total. The predicted molar refractivity (Wildman–Crippen MR) is 97.3 cm³/mol. The highest BCUT2D eigenvalue weighted by Gasteiger charge is 2.41. The number of carbonyl (C=O) groups excluding carboxylic acids is 1. The summed E-state index contributed by atoms with van der Waals surface area (Å²) < 4.78 is 6.08. The Morgan fingerprint density at radius 2 is 2.32 bits per heavy atom. The van der Waals surface area contributed by atoms with E-state index < -0.39 is 0 Å². The van der Waals surface area contributed by atoms with E-state index >= 15 is 0 Å². The first-order valence-corrected chi connectivity index (χ1v) is 9.32. The molecule has 2 aliphatic heterocycles. The molecule has 2 saturated heterocycles. The van der Waals surface area contributed by atoms with Crippen LogP contribution in [-0.4, -0.2) is 79.7 Å². The molecule has 3 rings (SSSR count). The zero-order chi connectivity index (χ0) is 17.6. The van der Waals surface area contributed by atoms with Crippen LogP contribution in [0.4, 0.5) is 0 Å². The van der Waals surface area contributed by atoms with E-state index in [-0.39, 0.29) is 18.1 Å². The molecule has 0 aliphatic carbocycles. The van der Waals surface area contributed by atoms with Crippen molar-refractivity contribution in [3.63, 3.8) is 0 Å². The number of nitrogens with zero attached hydrogens (tertiary/aromatic N) is 3. The second-order valence-corrected chi connectivity index (χ2v) is 7.41. The van der Waals surface area contributed by atoms with Gasteiger partial charge in [-0.15, -0.1) is 0 Å². The molecule has 0 aromatic carbocycles. The van der Waals surface area contributed by atoms with Crippen molar-refractivity contribution in [1.82, 2.24) is 20.1 Å². The van der Waals surface area contributed by atoms with Gasteiger partial charge in [-0.05, 0) is 51.5 Å². The number of likely N-dealkylation sites (N-methyl/N-ethyl adjacent to an activating group) is 1. The van der Waals surface area contributed by atoms with Gasteiger partial charge in [0.2, 0.25) is 5.91 Å². The summed E-state index contributed by atoms with van der Waals surface area (Å²) in [5, 5.41) is 3.01. The second-order valence-electron chi connectivity index (χ2n) is 7.41. The summed E-state index contributed by atoms with van der Waals surface area (Å²) in [7, 11) is 4.20. The zero-order valence-electron chi connectivity index (χ0n) is 15.4. The molecule has 6 nitrogen and oxygen atoms in total. The van der Waals surface area contributed by atoms with E-state index in [0.29, 0.717) is 12.5 Å². The number of piperidine rings is 1. The number of nitrogens with one attached hydrogen (secondary N) is 1. The van der Waals surface area contributed by atoms with Crippen molar-refractivity contribution in [2.75, 3.05) is 46.8 Å². The number of carbonyl (C=O) groups is 1. The van der Waals surface area contributed by atoms with Crippen molar-refractivity contribution < 1.29 is 9.53 Å². The summed E-state index contributed by atoms with van der Waals surface area (Å²) in [6.07, 6.45) is 4.46. The quantitative estimate of drug-likeness (QED) is 0.791. The normalized spacial score (nSPS) is 26.6. The van der Waals surface area contributed by atoms with Crippen LogP contribution >= 0.6 is 0 Å². The van der Waals surface area contributed by atoms with Crippen molar-refractivity contribution >= 4 is 5.91 Å². The standard InChI is InChI=1S/C19H30N4O2/c1-22(2)11-12-23-10-7-15-13-17(25-18(15)14-23)19(24)21-9-6-16-5-3-4-8-20-16/h3-5,8,15,17-18H,6-7,9-14H2,1-2H3,(H,21,24)/t15-,17-,18+/m1/s1. The number of amides is 1. The van der Waals surface area contributed by atoms with E-state index in [0.717, 1.165) is 51.1 Å². The van der Waals surface area contributed by atoms with Crippen molar-refractivity contribution in [3.8, 4) is 0 Å². The van der Waals surface area contributed by atoms with Gasteiger partial charge < -0.3 is 15.0 Å². The highest BCUT2D eigenvalue weighted by molar-refractivity contribution is 5.81.